The molecule has 1 saturated carbocycles. The van der Waals surface area contributed by atoms with Crippen molar-refractivity contribution in [2.24, 2.45) is 5.92 Å². The van der Waals surface area contributed by atoms with E-state index in [1.165, 1.54) is 43.1 Å². The molecule has 0 spiro atoms. The minimum atomic E-state index is 0.150. The molecule has 2 N–H and O–H groups in total. The fourth-order valence-corrected chi connectivity index (χ4v) is 4.62. The molecule has 1 unspecified atom stereocenters. The van der Waals surface area contributed by atoms with Crippen LogP contribution in [0, 0.1) is 5.92 Å². The van der Waals surface area contributed by atoms with E-state index in [0.717, 1.165) is 17.6 Å². The van der Waals surface area contributed by atoms with Crippen molar-refractivity contribution in [3.05, 3.63) is 66.1 Å². The Labute approximate surface area is 166 Å². The maximum atomic E-state index is 12.8. The third-order valence-electron chi connectivity index (χ3n) is 6.07. The topological polar surface area (TPSA) is 57.8 Å². The molecule has 1 amide bonds. The third-order valence-corrected chi connectivity index (χ3v) is 6.07. The Bertz CT molecular complexity index is 896. The molecule has 0 saturated heterocycles. The quantitative estimate of drug-likeness (QED) is 0.612. The Balaban J connectivity index is 1.45. The molecular formula is C24H29N3O. The smallest absolute Gasteiger partial charge is 0.220 e. The number of H-pyrrole nitrogens is 1. The van der Waals surface area contributed by atoms with E-state index >= 15 is 0 Å². The van der Waals surface area contributed by atoms with Crippen LogP contribution in [0.25, 0.3) is 10.9 Å². The van der Waals surface area contributed by atoms with Crippen LogP contribution in [-0.4, -0.2) is 22.4 Å². The summed E-state index contributed by atoms with van der Waals surface area (Å²) in [6, 6.07) is 14.3. The van der Waals surface area contributed by atoms with Crippen LogP contribution < -0.4 is 5.32 Å². The van der Waals surface area contributed by atoms with Gasteiger partial charge in [0, 0.05) is 48.4 Å². The van der Waals surface area contributed by atoms with Gasteiger partial charge in [0.15, 0.2) is 0 Å². The molecule has 1 atom stereocenters. The normalized spacial score (nSPS) is 16.1. The number of hydrogen-bond donors (Lipinski definition) is 2. The molecular weight excluding hydrogens is 346 g/mol. The highest BCUT2D eigenvalue weighted by Crippen LogP contribution is 2.40. The van der Waals surface area contributed by atoms with Crippen molar-refractivity contribution in [3.8, 4) is 0 Å². The lowest BCUT2D eigenvalue weighted by molar-refractivity contribution is -0.121. The van der Waals surface area contributed by atoms with Gasteiger partial charge < -0.3 is 10.3 Å². The van der Waals surface area contributed by atoms with Crippen molar-refractivity contribution in [2.75, 3.05) is 6.54 Å². The number of carbonyl (C=O) groups is 1. The lowest BCUT2D eigenvalue weighted by Crippen LogP contribution is -2.29. The summed E-state index contributed by atoms with van der Waals surface area (Å²) in [4.78, 5) is 20.5. The molecule has 0 bridgehead atoms. The summed E-state index contributed by atoms with van der Waals surface area (Å²) in [7, 11) is 0. The molecule has 4 nitrogen and oxygen atoms in total. The standard InChI is InChI=1S/C24H29N3O/c28-24(26-15-13-19-10-6-7-14-25-19)16-21(18-8-2-1-3-9-18)22-17-27-23-12-5-4-11-20(22)23/h4-7,10-12,14,17-18,21,27H,1-3,8-9,13,15-16H2,(H,26,28). The van der Waals surface area contributed by atoms with E-state index in [-0.39, 0.29) is 11.8 Å². The van der Waals surface area contributed by atoms with E-state index in [1.54, 1.807) is 6.20 Å². The minimum absolute atomic E-state index is 0.150. The average molecular weight is 376 g/mol. The second-order valence-corrected chi connectivity index (χ2v) is 7.92. The molecule has 0 aliphatic heterocycles. The molecule has 146 valence electrons. The minimum Gasteiger partial charge on any atom is -0.361 e. The number of para-hydroxylation sites is 1. The highest BCUT2D eigenvalue weighted by Gasteiger charge is 2.28. The predicted molar refractivity (Wildman–Crippen MR) is 113 cm³/mol. The Hall–Kier alpha value is -2.62. The van der Waals surface area contributed by atoms with Crippen LogP contribution in [0.1, 0.15) is 55.7 Å². The third kappa shape index (κ3) is 4.44. The summed E-state index contributed by atoms with van der Waals surface area (Å²) in [6.07, 6.45) is 11.6. The van der Waals surface area contributed by atoms with Gasteiger partial charge in [-0.05, 0) is 48.4 Å². The van der Waals surface area contributed by atoms with Crippen LogP contribution in [0.3, 0.4) is 0 Å². The van der Waals surface area contributed by atoms with E-state index < -0.39 is 0 Å². The molecule has 2 heterocycles. The van der Waals surface area contributed by atoms with Gasteiger partial charge in [-0.3, -0.25) is 9.78 Å². The summed E-state index contributed by atoms with van der Waals surface area (Å²) in [6.45, 7) is 0.640. The van der Waals surface area contributed by atoms with Gasteiger partial charge in [0.05, 0.1) is 0 Å². The Morgan fingerprint density at radius 1 is 1.11 bits per heavy atom. The first-order valence-corrected chi connectivity index (χ1v) is 10.5. The number of carbonyl (C=O) groups excluding carboxylic acids is 1. The molecule has 4 heteroatoms. The number of aromatic nitrogens is 2. The van der Waals surface area contributed by atoms with E-state index in [9.17, 15) is 4.79 Å². The number of nitrogens with zero attached hydrogens (tertiary/aromatic N) is 1. The van der Waals surface area contributed by atoms with Crippen LogP contribution in [0.5, 0.6) is 0 Å². The van der Waals surface area contributed by atoms with Gasteiger partial charge in [0.1, 0.15) is 0 Å². The van der Waals surface area contributed by atoms with E-state index in [0.29, 0.717) is 18.9 Å². The van der Waals surface area contributed by atoms with Crippen LogP contribution in [0.2, 0.25) is 0 Å². The van der Waals surface area contributed by atoms with Crippen molar-refractivity contribution in [3.63, 3.8) is 0 Å². The number of rotatable bonds is 7. The number of amides is 1. The first-order valence-electron chi connectivity index (χ1n) is 10.5. The average Bonchev–Trinajstić information content (AvgIpc) is 3.17. The molecule has 3 aromatic rings. The lowest BCUT2D eigenvalue weighted by Gasteiger charge is -2.30. The Morgan fingerprint density at radius 2 is 1.93 bits per heavy atom. The van der Waals surface area contributed by atoms with E-state index in [4.69, 9.17) is 0 Å². The maximum Gasteiger partial charge on any atom is 0.220 e. The number of fused-ring (bicyclic) bond motifs is 1. The predicted octanol–water partition coefficient (Wildman–Crippen LogP) is 4.98. The summed E-state index contributed by atoms with van der Waals surface area (Å²) in [5.74, 6) is 1.03. The first kappa shape index (κ1) is 18.7. The maximum absolute atomic E-state index is 12.8. The molecule has 0 radical (unpaired) electrons. The van der Waals surface area contributed by atoms with Crippen LogP contribution >= 0.6 is 0 Å². The zero-order chi connectivity index (χ0) is 19.2. The van der Waals surface area contributed by atoms with Gasteiger partial charge in [-0.2, -0.15) is 0 Å². The van der Waals surface area contributed by atoms with Crippen LogP contribution in [0.15, 0.2) is 54.9 Å². The monoisotopic (exact) mass is 375 g/mol. The van der Waals surface area contributed by atoms with E-state index in [2.05, 4.69) is 45.7 Å². The SMILES string of the molecule is O=C(CC(c1c[nH]c2ccccc12)C1CCCCC1)NCCc1ccccn1. The van der Waals surface area contributed by atoms with Crippen LogP contribution in [-0.2, 0) is 11.2 Å². The van der Waals surface area contributed by atoms with Gasteiger partial charge in [-0.25, -0.2) is 0 Å². The van der Waals surface area contributed by atoms with Crippen molar-refractivity contribution >= 4 is 16.8 Å². The lowest BCUT2D eigenvalue weighted by atomic mass is 9.75. The zero-order valence-corrected chi connectivity index (χ0v) is 16.4. The Kier molecular flexibility index (Phi) is 6.05. The Morgan fingerprint density at radius 3 is 2.75 bits per heavy atom. The van der Waals surface area contributed by atoms with Crippen molar-refractivity contribution in [2.45, 2.75) is 50.9 Å². The summed E-state index contributed by atoms with van der Waals surface area (Å²) < 4.78 is 0. The van der Waals surface area contributed by atoms with Crippen molar-refractivity contribution in [1.82, 2.24) is 15.3 Å². The number of nitrogens with one attached hydrogen (secondary N) is 2. The highest BCUT2D eigenvalue weighted by molar-refractivity contribution is 5.85. The molecule has 1 aliphatic carbocycles. The van der Waals surface area contributed by atoms with E-state index in [1.807, 2.05) is 18.2 Å². The number of hydrogen-bond acceptors (Lipinski definition) is 2. The van der Waals surface area contributed by atoms with Crippen molar-refractivity contribution in [1.29, 1.82) is 0 Å². The summed E-state index contributed by atoms with van der Waals surface area (Å²) in [5, 5.41) is 4.38. The largest absolute Gasteiger partial charge is 0.361 e. The van der Waals surface area contributed by atoms with Crippen LogP contribution in [0.4, 0.5) is 0 Å². The molecule has 28 heavy (non-hydrogen) atoms. The molecule has 2 aromatic heterocycles. The first-order chi connectivity index (χ1) is 13.8. The second kappa shape index (κ2) is 9.05. The van der Waals surface area contributed by atoms with Gasteiger partial charge in [-0.1, -0.05) is 43.5 Å². The molecule has 1 fully saturated rings. The van der Waals surface area contributed by atoms with Gasteiger partial charge in [-0.15, -0.1) is 0 Å². The summed E-state index contributed by atoms with van der Waals surface area (Å²) in [5.41, 5.74) is 3.49. The summed E-state index contributed by atoms with van der Waals surface area (Å²) >= 11 is 0. The number of benzene rings is 1. The fraction of sp³-hybridized carbons (Fsp3) is 0.417. The fourth-order valence-electron chi connectivity index (χ4n) is 4.62. The number of pyridine rings is 1. The zero-order valence-electron chi connectivity index (χ0n) is 16.4. The highest BCUT2D eigenvalue weighted by atomic mass is 16.1. The molecule has 4 rings (SSSR count). The second-order valence-electron chi connectivity index (χ2n) is 7.92. The van der Waals surface area contributed by atoms with Gasteiger partial charge >= 0.3 is 0 Å². The molecule has 1 aliphatic rings. The van der Waals surface area contributed by atoms with Crippen molar-refractivity contribution < 1.29 is 4.79 Å². The van der Waals surface area contributed by atoms with Gasteiger partial charge in [0.25, 0.3) is 0 Å². The molecule has 1 aromatic carbocycles. The van der Waals surface area contributed by atoms with Gasteiger partial charge in [0.2, 0.25) is 5.91 Å². The number of aromatic amines is 1.